The number of carboxylic acids is 1. The summed E-state index contributed by atoms with van der Waals surface area (Å²) in [5, 5.41) is 14.4. The Morgan fingerprint density at radius 1 is 1.09 bits per heavy atom. The normalized spacial score (nSPS) is 12.5. The molecule has 0 radical (unpaired) electrons. The van der Waals surface area contributed by atoms with Crippen LogP contribution in [0.1, 0.15) is 59.9 Å². The lowest BCUT2D eigenvalue weighted by Crippen LogP contribution is -2.19. The van der Waals surface area contributed by atoms with Gasteiger partial charge in [-0.3, -0.25) is 0 Å². The van der Waals surface area contributed by atoms with Gasteiger partial charge in [-0.25, -0.2) is 4.79 Å². The Hall–Kier alpha value is -3.25. The molecule has 0 fully saturated rings. The number of carbonyl (C=O) groups is 1. The SMILES string of the molecule is CCC(C)c1ccc(NC(C(=O)O)c2ccc(C)o2)cc1.c1coc(Cc2cccs2)c1. The standard InChI is InChI=1S/C17H21NO3.C9H8OS/c1-4-11(2)13-6-8-14(9-7-13)18-16(17(19)20)15-10-5-12(3)21-15;1-3-8(10-5-1)7-9-4-2-6-11-9/h5-11,16,18H,4H2,1-3H3,(H,19,20);1-6H,7H2. The summed E-state index contributed by atoms with van der Waals surface area (Å²) in [6.07, 6.45) is 3.71. The lowest BCUT2D eigenvalue weighted by Gasteiger charge is -2.15. The number of carboxylic acid groups (broad SMARTS) is 1. The lowest BCUT2D eigenvalue weighted by atomic mass is 9.98. The highest BCUT2D eigenvalue weighted by Crippen LogP contribution is 2.25. The van der Waals surface area contributed by atoms with Crippen LogP contribution in [0.3, 0.4) is 0 Å². The third-order valence-corrected chi connectivity index (χ3v) is 6.08. The molecule has 0 saturated heterocycles. The van der Waals surface area contributed by atoms with Gasteiger partial charge in [-0.05, 0) is 72.7 Å². The number of hydrogen-bond donors (Lipinski definition) is 2. The van der Waals surface area contributed by atoms with Crippen molar-refractivity contribution in [1.29, 1.82) is 0 Å². The minimum Gasteiger partial charge on any atom is -0.479 e. The van der Waals surface area contributed by atoms with Crippen molar-refractivity contribution in [2.45, 2.75) is 45.6 Å². The van der Waals surface area contributed by atoms with Crippen LogP contribution in [0.5, 0.6) is 0 Å². The van der Waals surface area contributed by atoms with Crippen LogP contribution in [0.25, 0.3) is 0 Å². The summed E-state index contributed by atoms with van der Waals surface area (Å²) >= 11 is 1.76. The maximum Gasteiger partial charge on any atom is 0.334 e. The number of rotatable bonds is 8. The van der Waals surface area contributed by atoms with Crippen molar-refractivity contribution in [3.05, 3.63) is 100 Å². The van der Waals surface area contributed by atoms with Gasteiger partial charge in [-0.2, -0.15) is 0 Å². The molecule has 0 aliphatic heterocycles. The Balaban J connectivity index is 0.000000219. The molecule has 0 aliphatic rings. The highest BCUT2D eigenvalue weighted by molar-refractivity contribution is 7.09. The molecule has 2 N–H and O–H groups in total. The molecule has 1 aromatic carbocycles. The highest BCUT2D eigenvalue weighted by Gasteiger charge is 2.23. The second kappa shape index (κ2) is 11.4. The summed E-state index contributed by atoms with van der Waals surface area (Å²) in [7, 11) is 0. The van der Waals surface area contributed by atoms with Crippen LogP contribution >= 0.6 is 11.3 Å². The largest absolute Gasteiger partial charge is 0.479 e. The molecule has 0 spiro atoms. The molecule has 0 bridgehead atoms. The van der Waals surface area contributed by atoms with Gasteiger partial charge in [-0.15, -0.1) is 11.3 Å². The molecule has 168 valence electrons. The Bertz CT molecular complexity index is 1030. The average molecular weight is 452 g/mol. The van der Waals surface area contributed by atoms with Gasteiger partial charge in [0, 0.05) is 17.0 Å². The Labute approximate surface area is 192 Å². The topological polar surface area (TPSA) is 75.6 Å². The lowest BCUT2D eigenvalue weighted by molar-refractivity contribution is -0.138. The Morgan fingerprint density at radius 2 is 1.88 bits per heavy atom. The molecule has 0 amide bonds. The van der Waals surface area contributed by atoms with E-state index in [1.54, 1.807) is 36.7 Å². The molecule has 3 heterocycles. The van der Waals surface area contributed by atoms with Gasteiger partial charge < -0.3 is 19.3 Å². The smallest absolute Gasteiger partial charge is 0.334 e. The van der Waals surface area contributed by atoms with Crippen LogP contribution in [0.2, 0.25) is 0 Å². The summed E-state index contributed by atoms with van der Waals surface area (Å²) in [6.45, 7) is 6.12. The summed E-state index contributed by atoms with van der Waals surface area (Å²) in [5.41, 5.74) is 2.02. The third-order valence-electron chi connectivity index (χ3n) is 5.20. The van der Waals surface area contributed by atoms with Crippen molar-refractivity contribution in [3.8, 4) is 0 Å². The van der Waals surface area contributed by atoms with Crippen molar-refractivity contribution in [2.24, 2.45) is 0 Å². The van der Waals surface area contributed by atoms with Crippen molar-refractivity contribution < 1.29 is 18.7 Å². The average Bonchev–Trinajstić information content (AvgIpc) is 3.57. The molecule has 0 saturated carbocycles. The van der Waals surface area contributed by atoms with Gasteiger partial charge >= 0.3 is 5.97 Å². The van der Waals surface area contributed by atoms with E-state index in [1.807, 2.05) is 36.4 Å². The maximum atomic E-state index is 11.4. The van der Waals surface area contributed by atoms with E-state index in [9.17, 15) is 9.90 Å². The van der Waals surface area contributed by atoms with Crippen LogP contribution < -0.4 is 5.32 Å². The first-order chi connectivity index (χ1) is 15.5. The van der Waals surface area contributed by atoms with Crippen LogP contribution in [0.4, 0.5) is 5.69 Å². The number of benzene rings is 1. The van der Waals surface area contributed by atoms with E-state index in [0.29, 0.717) is 17.4 Å². The second-order valence-corrected chi connectivity index (χ2v) is 8.66. The number of thiophene rings is 1. The van der Waals surface area contributed by atoms with E-state index in [4.69, 9.17) is 8.83 Å². The monoisotopic (exact) mass is 451 g/mol. The molecule has 4 aromatic rings. The Kier molecular flexibility index (Phi) is 8.34. The van der Waals surface area contributed by atoms with Gasteiger partial charge in [0.2, 0.25) is 0 Å². The van der Waals surface area contributed by atoms with E-state index in [-0.39, 0.29) is 0 Å². The first kappa shape index (κ1) is 23.4. The zero-order valence-electron chi connectivity index (χ0n) is 18.6. The predicted octanol–water partition coefficient (Wildman–Crippen LogP) is 7.27. The van der Waals surface area contributed by atoms with Crippen molar-refractivity contribution in [3.63, 3.8) is 0 Å². The van der Waals surface area contributed by atoms with E-state index in [0.717, 1.165) is 24.3 Å². The molecule has 3 aromatic heterocycles. The Morgan fingerprint density at radius 3 is 2.41 bits per heavy atom. The summed E-state index contributed by atoms with van der Waals surface area (Å²) < 4.78 is 10.6. The van der Waals surface area contributed by atoms with Crippen LogP contribution in [-0.4, -0.2) is 11.1 Å². The molecule has 2 unspecified atom stereocenters. The van der Waals surface area contributed by atoms with Crippen LogP contribution in [-0.2, 0) is 11.2 Å². The van der Waals surface area contributed by atoms with E-state index < -0.39 is 12.0 Å². The summed E-state index contributed by atoms with van der Waals surface area (Å²) in [5.74, 6) is 1.68. The fourth-order valence-electron chi connectivity index (χ4n) is 3.17. The van der Waals surface area contributed by atoms with E-state index >= 15 is 0 Å². The first-order valence-electron chi connectivity index (χ1n) is 10.7. The summed E-state index contributed by atoms with van der Waals surface area (Å²) in [4.78, 5) is 12.8. The summed E-state index contributed by atoms with van der Waals surface area (Å²) in [6, 6.07) is 18.5. The van der Waals surface area contributed by atoms with Crippen molar-refractivity contribution in [2.75, 3.05) is 5.32 Å². The molecule has 32 heavy (non-hydrogen) atoms. The third kappa shape index (κ3) is 6.62. The number of anilines is 1. The van der Waals surface area contributed by atoms with Gasteiger partial charge in [0.25, 0.3) is 0 Å². The number of nitrogens with one attached hydrogen (secondary N) is 1. The minimum absolute atomic E-state index is 0.408. The van der Waals surface area contributed by atoms with Crippen LogP contribution in [0.15, 0.2) is 81.1 Å². The van der Waals surface area contributed by atoms with Gasteiger partial charge in [0.05, 0.1) is 6.26 Å². The molecular weight excluding hydrogens is 422 g/mol. The zero-order chi connectivity index (χ0) is 22.9. The minimum atomic E-state index is -0.963. The zero-order valence-corrected chi connectivity index (χ0v) is 19.4. The molecule has 6 heteroatoms. The predicted molar refractivity (Wildman–Crippen MR) is 128 cm³/mol. The molecule has 5 nitrogen and oxygen atoms in total. The van der Waals surface area contributed by atoms with Gasteiger partial charge in [0.1, 0.15) is 17.3 Å². The number of hydrogen-bond acceptors (Lipinski definition) is 5. The molecular formula is C26H29NO4S. The number of aliphatic carboxylic acids is 1. The van der Waals surface area contributed by atoms with Gasteiger partial charge in [-0.1, -0.05) is 32.0 Å². The molecule has 2 atom stereocenters. The second-order valence-electron chi connectivity index (χ2n) is 7.63. The fraction of sp³-hybridized carbons (Fsp3) is 0.269. The molecule has 0 aliphatic carbocycles. The van der Waals surface area contributed by atoms with Gasteiger partial charge in [0.15, 0.2) is 6.04 Å². The van der Waals surface area contributed by atoms with Crippen LogP contribution in [0, 0.1) is 6.92 Å². The van der Waals surface area contributed by atoms with E-state index in [2.05, 4.69) is 36.7 Å². The molecule has 4 rings (SSSR count). The maximum absolute atomic E-state index is 11.4. The quantitative estimate of drug-likeness (QED) is 0.295. The number of furan rings is 2. The number of aryl methyl sites for hydroxylation is 1. The highest BCUT2D eigenvalue weighted by atomic mass is 32.1. The first-order valence-corrected chi connectivity index (χ1v) is 11.5. The van der Waals surface area contributed by atoms with Crippen molar-refractivity contribution in [1.82, 2.24) is 0 Å². The van der Waals surface area contributed by atoms with E-state index in [1.165, 1.54) is 10.4 Å². The fourth-order valence-corrected chi connectivity index (χ4v) is 3.89. The van der Waals surface area contributed by atoms with Crippen molar-refractivity contribution >= 4 is 23.0 Å².